The summed E-state index contributed by atoms with van der Waals surface area (Å²) in [6.07, 6.45) is 5.23. The van der Waals surface area contributed by atoms with Crippen LogP contribution in [0.5, 0.6) is 0 Å². The summed E-state index contributed by atoms with van der Waals surface area (Å²) in [4.78, 5) is 9.39. The molecule has 0 radical (unpaired) electrons. The van der Waals surface area contributed by atoms with Gasteiger partial charge >= 0.3 is 0 Å². The zero-order valence-corrected chi connectivity index (χ0v) is 14.6. The van der Waals surface area contributed by atoms with Crippen LogP contribution in [-0.2, 0) is 0 Å². The maximum atomic E-state index is 13.2. The summed E-state index contributed by atoms with van der Waals surface area (Å²) in [5.74, 6) is -0.267. The van der Waals surface area contributed by atoms with Crippen molar-refractivity contribution >= 4 is 17.0 Å². The topological polar surface area (TPSA) is 42.5 Å². The quantitative estimate of drug-likeness (QED) is 0.503. The highest BCUT2D eigenvalue weighted by atomic mass is 32.1. The standard InChI is InChI=1S/C19H17FN4S/c1-3-10-22-19-24(23-14(2)16-5-4-11-21-12-16)18(13-25-19)15-6-8-17(20)9-7-15/h3-9,11-13H,1,10H2,2H3. The summed E-state index contributed by atoms with van der Waals surface area (Å²) in [5, 5.41) is 6.69. The van der Waals surface area contributed by atoms with E-state index in [-0.39, 0.29) is 5.82 Å². The van der Waals surface area contributed by atoms with E-state index in [0.717, 1.165) is 27.3 Å². The number of rotatable bonds is 5. The Morgan fingerprint density at radius 3 is 2.80 bits per heavy atom. The van der Waals surface area contributed by atoms with E-state index in [4.69, 9.17) is 5.10 Å². The first-order chi connectivity index (χ1) is 12.2. The Labute approximate surface area is 149 Å². The first kappa shape index (κ1) is 17.0. The molecule has 0 aliphatic carbocycles. The third kappa shape index (κ3) is 3.97. The Kier molecular flexibility index (Phi) is 5.30. The van der Waals surface area contributed by atoms with Crippen molar-refractivity contribution in [3.63, 3.8) is 0 Å². The summed E-state index contributed by atoms with van der Waals surface area (Å²) >= 11 is 1.48. The van der Waals surface area contributed by atoms with Gasteiger partial charge in [0.2, 0.25) is 4.80 Å². The molecule has 0 saturated heterocycles. The van der Waals surface area contributed by atoms with E-state index in [1.54, 1.807) is 35.3 Å². The highest BCUT2D eigenvalue weighted by Gasteiger charge is 2.09. The molecule has 0 spiro atoms. The van der Waals surface area contributed by atoms with Crippen molar-refractivity contribution in [2.24, 2.45) is 10.1 Å². The lowest BCUT2D eigenvalue weighted by atomic mass is 10.2. The number of halogens is 1. The maximum absolute atomic E-state index is 13.2. The Balaban J connectivity index is 2.13. The Bertz CT molecular complexity index is 953. The number of pyridine rings is 1. The Hall–Kier alpha value is -2.86. The number of hydrogen-bond donors (Lipinski definition) is 0. The second-order valence-electron chi connectivity index (χ2n) is 5.28. The first-order valence-electron chi connectivity index (χ1n) is 7.73. The van der Waals surface area contributed by atoms with E-state index in [0.29, 0.717) is 6.54 Å². The minimum Gasteiger partial charge on any atom is -0.264 e. The molecular weight excluding hydrogens is 335 g/mol. The van der Waals surface area contributed by atoms with Gasteiger partial charge in [-0.1, -0.05) is 12.1 Å². The van der Waals surface area contributed by atoms with Gasteiger partial charge in [0.25, 0.3) is 0 Å². The number of benzene rings is 1. The largest absolute Gasteiger partial charge is 0.264 e. The zero-order chi connectivity index (χ0) is 17.6. The molecule has 3 rings (SSSR count). The van der Waals surface area contributed by atoms with Crippen LogP contribution in [0.25, 0.3) is 11.3 Å². The zero-order valence-electron chi connectivity index (χ0n) is 13.8. The monoisotopic (exact) mass is 352 g/mol. The fourth-order valence-electron chi connectivity index (χ4n) is 2.25. The molecule has 126 valence electrons. The number of thiazole rings is 1. The fraction of sp³-hybridized carbons (Fsp3) is 0.105. The van der Waals surface area contributed by atoms with Crippen molar-refractivity contribution in [3.05, 3.63) is 83.0 Å². The van der Waals surface area contributed by atoms with Gasteiger partial charge in [-0.15, -0.1) is 17.9 Å². The van der Waals surface area contributed by atoms with E-state index in [9.17, 15) is 4.39 Å². The Morgan fingerprint density at radius 2 is 2.12 bits per heavy atom. The molecule has 4 nitrogen and oxygen atoms in total. The van der Waals surface area contributed by atoms with Gasteiger partial charge < -0.3 is 0 Å². The molecule has 0 saturated carbocycles. The number of aromatic nitrogens is 2. The van der Waals surface area contributed by atoms with Crippen LogP contribution < -0.4 is 4.80 Å². The van der Waals surface area contributed by atoms with E-state index in [2.05, 4.69) is 16.6 Å². The summed E-state index contributed by atoms with van der Waals surface area (Å²) in [5.41, 5.74) is 3.48. The van der Waals surface area contributed by atoms with E-state index >= 15 is 0 Å². The molecule has 0 bridgehead atoms. The molecule has 6 heteroatoms. The number of hydrogen-bond acceptors (Lipinski definition) is 4. The minimum absolute atomic E-state index is 0.267. The van der Waals surface area contributed by atoms with Crippen molar-refractivity contribution in [1.29, 1.82) is 0 Å². The second kappa shape index (κ2) is 7.81. The third-order valence-corrected chi connectivity index (χ3v) is 4.36. The molecule has 0 aliphatic heterocycles. The molecule has 0 amide bonds. The minimum atomic E-state index is -0.267. The summed E-state index contributed by atoms with van der Waals surface area (Å²) in [6.45, 7) is 6.13. The van der Waals surface area contributed by atoms with Gasteiger partial charge in [-0.25, -0.2) is 9.07 Å². The van der Waals surface area contributed by atoms with Crippen molar-refractivity contribution in [2.75, 3.05) is 6.54 Å². The van der Waals surface area contributed by atoms with E-state index in [1.165, 1.54) is 23.5 Å². The van der Waals surface area contributed by atoms with Crippen molar-refractivity contribution in [1.82, 2.24) is 9.66 Å². The molecule has 0 fully saturated rings. The SMILES string of the molecule is C=CCN=c1scc(-c2ccc(F)cc2)n1N=C(C)c1cccnc1. The van der Waals surface area contributed by atoms with Gasteiger partial charge in [0.05, 0.1) is 18.0 Å². The molecule has 2 heterocycles. The molecule has 2 aromatic heterocycles. The van der Waals surface area contributed by atoms with E-state index < -0.39 is 0 Å². The molecule has 0 unspecified atom stereocenters. The van der Waals surface area contributed by atoms with Crippen LogP contribution in [0.1, 0.15) is 12.5 Å². The summed E-state index contributed by atoms with van der Waals surface area (Å²) in [6, 6.07) is 10.2. The lowest BCUT2D eigenvalue weighted by Gasteiger charge is -2.06. The summed E-state index contributed by atoms with van der Waals surface area (Å²) in [7, 11) is 0. The molecule has 25 heavy (non-hydrogen) atoms. The Morgan fingerprint density at radius 1 is 1.32 bits per heavy atom. The van der Waals surface area contributed by atoms with E-state index in [1.807, 2.05) is 24.4 Å². The average Bonchev–Trinajstić information content (AvgIpc) is 3.04. The average molecular weight is 352 g/mol. The predicted molar refractivity (Wildman–Crippen MR) is 100 cm³/mol. The first-order valence-corrected chi connectivity index (χ1v) is 8.61. The van der Waals surface area contributed by atoms with Crippen LogP contribution in [0.3, 0.4) is 0 Å². The number of nitrogens with zero attached hydrogens (tertiary/aromatic N) is 4. The third-order valence-electron chi connectivity index (χ3n) is 3.51. The van der Waals surface area contributed by atoms with Crippen LogP contribution in [-0.4, -0.2) is 21.9 Å². The summed E-state index contributed by atoms with van der Waals surface area (Å²) < 4.78 is 15.0. The molecule has 3 aromatic rings. The van der Waals surface area contributed by atoms with Crippen molar-refractivity contribution in [2.45, 2.75) is 6.92 Å². The molecular formula is C19H17FN4S. The van der Waals surface area contributed by atoms with Crippen molar-refractivity contribution < 1.29 is 4.39 Å². The lowest BCUT2D eigenvalue weighted by molar-refractivity contribution is 0.628. The normalized spacial score (nSPS) is 12.4. The van der Waals surface area contributed by atoms with Crippen LogP contribution >= 0.6 is 11.3 Å². The molecule has 0 N–H and O–H groups in total. The molecule has 0 aliphatic rings. The van der Waals surface area contributed by atoms with Gasteiger partial charge in [0.15, 0.2) is 0 Å². The molecule has 0 atom stereocenters. The maximum Gasteiger partial charge on any atom is 0.206 e. The van der Waals surface area contributed by atoms with Gasteiger partial charge in [0, 0.05) is 28.9 Å². The fourth-order valence-corrected chi connectivity index (χ4v) is 3.09. The van der Waals surface area contributed by atoms with Gasteiger partial charge in [-0.05, 0) is 37.3 Å². The lowest BCUT2D eigenvalue weighted by Crippen LogP contribution is -2.14. The highest BCUT2D eigenvalue weighted by Crippen LogP contribution is 2.21. The predicted octanol–water partition coefficient (Wildman–Crippen LogP) is 4.11. The smallest absolute Gasteiger partial charge is 0.206 e. The van der Waals surface area contributed by atoms with Gasteiger partial charge in [-0.3, -0.25) is 9.98 Å². The van der Waals surface area contributed by atoms with Crippen LogP contribution in [0, 0.1) is 5.82 Å². The van der Waals surface area contributed by atoms with Crippen LogP contribution in [0.2, 0.25) is 0 Å². The second-order valence-corrected chi connectivity index (χ2v) is 6.12. The van der Waals surface area contributed by atoms with Crippen LogP contribution in [0.4, 0.5) is 4.39 Å². The highest BCUT2D eigenvalue weighted by molar-refractivity contribution is 7.07. The van der Waals surface area contributed by atoms with Gasteiger partial charge in [0.1, 0.15) is 5.82 Å². The molecule has 1 aromatic carbocycles. The van der Waals surface area contributed by atoms with Crippen molar-refractivity contribution in [3.8, 4) is 11.3 Å². The van der Waals surface area contributed by atoms with Crippen LogP contribution in [0.15, 0.2) is 76.9 Å². The van der Waals surface area contributed by atoms with Gasteiger partial charge in [-0.2, -0.15) is 5.10 Å².